The second-order valence-electron chi connectivity index (χ2n) is 8.69. The van der Waals surface area contributed by atoms with Crippen molar-refractivity contribution >= 4 is 26.0 Å². The average molecular weight is 592 g/mol. The van der Waals surface area contributed by atoms with Gasteiger partial charge in [0.2, 0.25) is 10.0 Å². The third-order valence-corrected chi connectivity index (χ3v) is 7.79. The van der Waals surface area contributed by atoms with Crippen LogP contribution in [0.5, 0.6) is 0 Å². The van der Waals surface area contributed by atoms with Gasteiger partial charge in [-0.1, -0.05) is 52.3 Å². The van der Waals surface area contributed by atoms with E-state index in [-0.39, 0.29) is 17.1 Å². The highest BCUT2D eigenvalue weighted by molar-refractivity contribution is 9.10. The summed E-state index contributed by atoms with van der Waals surface area (Å²) >= 11 is 3.39. The van der Waals surface area contributed by atoms with Crippen molar-refractivity contribution in [2.24, 2.45) is 0 Å². The van der Waals surface area contributed by atoms with E-state index in [4.69, 9.17) is 0 Å². The maximum absolute atomic E-state index is 14.0. The van der Waals surface area contributed by atoms with Crippen molar-refractivity contribution < 1.29 is 21.6 Å². The topological polar surface area (TPSA) is 54.3 Å². The molecule has 37 heavy (non-hydrogen) atoms. The summed E-state index contributed by atoms with van der Waals surface area (Å²) in [5.74, 6) is 0. The molecule has 0 spiro atoms. The summed E-state index contributed by atoms with van der Waals surface area (Å²) in [6.45, 7) is 0.799. The van der Waals surface area contributed by atoms with E-state index < -0.39 is 21.8 Å². The van der Waals surface area contributed by atoms with E-state index in [9.17, 15) is 21.6 Å². The smallest absolute Gasteiger partial charge is 0.309 e. The molecular formula is C27H25BrF3N3O2S. The maximum Gasteiger partial charge on any atom is 0.418 e. The van der Waals surface area contributed by atoms with Crippen LogP contribution in [0.15, 0.2) is 94.3 Å². The number of sulfonamides is 1. The summed E-state index contributed by atoms with van der Waals surface area (Å²) in [7, 11) is -0.0320. The average Bonchev–Trinajstić information content (AvgIpc) is 3.29. The first kappa shape index (κ1) is 27.1. The fraction of sp³-hybridized carbons (Fsp3) is 0.185. The first-order valence-electron chi connectivity index (χ1n) is 11.4. The quantitative estimate of drug-likeness (QED) is 0.257. The minimum Gasteiger partial charge on any atom is -0.309 e. The summed E-state index contributed by atoms with van der Waals surface area (Å²) in [6, 6.07) is 22.3. The molecule has 0 saturated carbocycles. The van der Waals surface area contributed by atoms with Crippen LogP contribution in [0.1, 0.15) is 5.56 Å². The molecule has 194 valence electrons. The zero-order valence-electron chi connectivity index (χ0n) is 20.1. The fourth-order valence-electron chi connectivity index (χ4n) is 3.97. The zero-order chi connectivity index (χ0) is 26.8. The molecule has 0 saturated heterocycles. The molecule has 0 atom stereocenters. The molecule has 0 aliphatic heterocycles. The number of rotatable bonds is 8. The Morgan fingerprint density at radius 2 is 1.38 bits per heavy atom. The number of likely N-dealkylation sites (N-methyl/N-ethyl adjacent to an activating group) is 1. The van der Waals surface area contributed by atoms with Gasteiger partial charge in [-0.2, -0.15) is 13.2 Å². The van der Waals surface area contributed by atoms with Gasteiger partial charge in [-0.25, -0.2) is 13.1 Å². The number of hydrogen-bond donors (Lipinski definition) is 1. The Balaban J connectivity index is 1.82. The van der Waals surface area contributed by atoms with Crippen LogP contribution >= 0.6 is 15.9 Å². The number of benzene rings is 3. The van der Waals surface area contributed by atoms with Gasteiger partial charge in [0, 0.05) is 17.6 Å². The highest BCUT2D eigenvalue weighted by atomic mass is 79.9. The first-order valence-corrected chi connectivity index (χ1v) is 13.6. The molecule has 1 aromatic heterocycles. The van der Waals surface area contributed by atoms with E-state index in [2.05, 4.69) is 20.7 Å². The number of halogens is 4. The minimum atomic E-state index is -4.56. The number of aromatic nitrogens is 1. The molecule has 0 bridgehead atoms. The van der Waals surface area contributed by atoms with Gasteiger partial charge >= 0.3 is 6.18 Å². The maximum atomic E-state index is 14.0. The molecule has 4 aromatic rings. The first-order chi connectivity index (χ1) is 17.5. The fourth-order valence-corrected chi connectivity index (χ4v) is 5.25. The SMILES string of the molecule is CN(C)CCNS(=O)(=O)c1ccc(-c2ccc(-c3ccc(Br)cc3)n2-c2ccccc2C(F)(F)F)cc1. The van der Waals surface area contributed by atoms with Crippen molar-refractivity contribution in [3.05, 3.63) is 95.0 Å². The third-order valence-electron chi connectivity index (χ3n) is 5.78. The number of nitrogens with zero attached hydrogens (tertiary/aromatic N) is 2. The van der Waals surface area contributed by atoms with Crippen LogP contribution in [0.25, 0.3) is 28.2 Å². The molecular weight excluding hydrogens is 567 g/mol. The molecule has 0 aliphatic carbocycles. The highest BCUT2D eigenvalue weighted by Gasteiger charge is 2.34. The van der Waals surface area contributed by atoms with Crippen LogP contribution in [0.2, 0.25) is 0 Å². The molecule has 0 fully saturated rings. The van der Waals surface area contributed by atoms with E-state index in [1.54, 1.807) is 34.9 Å². The van der Waals surface area contributed by atoms with Crippen molar-refractivity contribution in [3.8, 4) is 28.2 Å². The van der Waals surface area contributed by atoms with E-state index in [0.717, 1.165) is 16.1 Å². The summed E-state index contributed by atoms with van der Waals surface area (Å²) in [5, 5.41) is 0. The van der Waals surface area contributed by atoms with Gasteiger partial charge in [-0.15, -0.1) is 0 Å². The molecule has 0 radical (unpaired) electrons. The Morgan fingerprint density at radius 3 is 1.92 bits per heavy atom. The molecule has 5 nitrogen and oxygen atoms in total. The van der Waals surface area contributed by atoms with Gasteiger partial charge < -0.3 is 9.47 Å². The van der Waals surface area contributed by atoms with E-state index in [1.807, 2.05) is 43.3 Å². The third kappa shape index (κ3) is 6.15. The normalized spacial score (nSPS) is 12.3. The Bertz CT molecular complexity index is 1480. The molecule has 0 aliphatic rings. The van der Waals surface area contributed by atoms with Crippen molar-refractivity contribution in [1.29, 1.82) is 0 Å². The van der Waals surface area contributed by atoms with Crippen LogP contribution in [0, 0.1) is 0 Å². The number of para-hydroxylation sites is 1. The Kier molecular flexibility index (Phi) is 7.94. The lowest BCUT2D eigenvalue weighted by Gasteiger charge is -2.19. The van der Waals surface area contributed by atoms with E-state index in [1.165, 1.54) is 24.3 Å². The summed E-state index contributed by atoms with van der Waals surface area (Å²) in [6.07, 6.45) is -4.56. The molecule has 10 heteroatoms. The second kappa shape index (κ2) is 10.8. The van der Waals surface area contributed by atoms with Crippen LogP contribution in [-0.4, -0.2) is 45.1 Å². The van der Waals surface area contributed by atoms with Gasteiger partial charge in [0.25, 0.3) is 0 Å². The number of alkyl halides is 3. The standard InChI is InChI=1S/C27H25BrF3N3O2S/c1-33(2)18-17-32-37(35,36)22-13-9-20(10-14-22)25-16-15-24(19-7-11-21(28)12-8-19)34(25)26-6-4-3-5-23(26)27(29,30)31/h3-16,32H,17-18H2,1-2H3. The van der Waals surface area contributed by atoms with Crippen LogP contribution < -0.4 is 4.72 Å². The lowest BCUT2D eigenvalue weighted by molar-refractivity contribution is -0.137. The van der Waals surface area contributed by atoms with Crippen LogP contribution in [-0.2, 0) is 16.2 Å². The molecule has 0 unspecified atom stereocenters. The Hall–Kier alpha value is -2.92. The monoisotopic (exact) mass is 591 g/mol. The van der Waals surface area contributed by atoms with Gasteiger partial charge in [0.1, 0.15) is 0 Å². The lowest BCUT2D eigenvalue weighted by Crippen LogP contribution is -2.31. The molecule has 1 heterocycles. The summed E-state index contributed by atoms with van der Waals surface area (Å²) in [5.41, 5.74) is 1.59. The lowest BCUT2D eigenvalue weighted by atomic mass is 10.1. The molecule has 1 N–H and O–H groups in total. The summed E-state index contributed by atoms with van der Waals surface area (Å²) in [4.78, 5) is 1.94. The summed E-state index contributed by atoms with van der Waals surface area (Å²) < 4.78 is 72.3. The highest BCUT2D eigenvalue weighted by Crippen LogP contribution is 2.39. The number of nitrogens with one attached hydrogen (secondary N) is 1. The van der Waals surface area contributed by atoms with Gasteiger partial charge in [-0.05, 0) is 73.8 Å². The van der Waals surface area contributed by atoms with E-state index in [0.29, 0.717) is 23.5 Å². The molecule has 3 aromatic carbocycles. The molecule has 0 amide bonds. The molecule has 4 rings (SSSR count). The predicted molar refractivity (Wildman–Crippen MR) is 143 cm³/mol. The van der Waals surface area contributed by atoms with Gasteiger partial charge in [-0.3, -0.25) is 0 Å². The van der Waals surface area contributed by atoms with Crippen LogP contribution in [0.4, 0.5) is 13.2 Å². The van der Waals surface area contributed by atoms with E-state index >= 15 is 0 Å². The largest absolute Gasteiger partial charge is 0.418 e. The second-order valence-corrected chi connectivity index (χ2v) is 11.4. The van der Waals surface area contributed by atoms with Crippen LogP contribution in [0.3, 0.4) is 0 Å². The van der Waals surface area contributed by atoms with Gasteiger partial charge in [0.15, 0.2) is 0 Å². The zero-order valence-corrected chi connectivity index (χ0v) is 22.5. The van der Waals surface area contributed by atoms with Crippen molar-refractivity contribution in [3.63, 3.8) is 0 Å². The Labute approximate surface area is 222 Å². The van der Waals surface area contributed by atoms with Gasteiger partial charge in [0.05, 0.1) is 27.5 Å². The van der Waals surface area contributed by atoms with Crippen molar-refractivity contribution in [2.45, 2.75) is 11.1 Å². The minimum absolute atomic E-state index is 0.0185. The van der Waals surface area contributed by atoms with Crippen molar-refractivity contribution in [2.75, 3.05) is 27.2 Å². The predicted octanol–water partition coefficient (Wildman–Crippen LogP) is 6.43. The Morgan fingerprint density at radius 1 is 0.838 bits per heavy atom. The number of hydrogen-bond acceptors (Lipinski definition) is 3. The van der Waals surface area contributed by atoms with Crippen molar-refractivity contribution in [1.82, 2.24) is 14.2 Å².